The van der Waals surface area contributed by atoms with Gasteiger partial charge in [-0.25, -0.2) is 0 Å². The van der Waals surface area contributed by atoms with E-state index in [0.717, 1.165) is 12.8 Å². The Morgan fingerprint density at radius 2 is 2.50 bits per heavy atom. The molecule has 0 bridgehead atoms. The molecule has 54 valence electrons. The molecule has 1 saturated heterocycles. The van der Waals surface area contributed by atoms with Crippen molar-refractivity contribution in [3.05, 3.63) is 12.2 Å². The maximum absolute atomic E-state index is 10.8. The maximum Gasteiger partial charge on any atom is 0.306 e. The summed E-state index contributed by atoms with van der Waals surface area (Å²) in [6.45, 7) is 0. The van der Waals surface area contributed by atoms with Crippen molar-refractivity contribution in [2.24, 2.45) is 5.92 Å². The van der Waals surface area contributed by atoms with Gasteiger partial charge in [0, 0.05) is 5.92 Å². The maximum atomic E-state index is 10.8. The first-order valence-electron chi connectivity index (χ1n) is 3.72. The Morgan fingerprint density at radius 1 is 1.60 bits per heavy atom. The molecule has 0 aromatic rings. The largest absolute Gasteiger partial charge is 0.458 e. The molecular weight excluding hydrogens is 128 g/mol. The molecule has 2 rings (SSSR count). The number of carbonyl (C=O) groups excluding carboxylic acids is 1. The molecule has 0 unspecified atom stereocenters. The fraction of sp³-hybridized carbons (Fsp3) is 0.625. The van der Waals surface area contributed by atoms with Gasteiger partial charge >= 0.3 is 5.97 Å². The first kappa shape index (κ1) is 5.96. The van der Waals surface area contributed by atoms with Gasteiger partial charge in [0.15, 0.2) is 0 Å². The summed E-state index contributed by atoms with van der Waals surface area (Å²) in [6, 6.07) is 0. The summed E-state index contributed by atoms with van der Waals surface area (Å²) in [5.74, 6) is 0.457. The highest BCUT2D eigenvalue weighted by Crippen LogP contribution is 2.30. The van der Waals surface area contributed by atoms with Crippen molar-refractivity contribution in [1.82, 2.24) is 0 Å². The van der Waals surface area contributed by atoms with Crippen LogP contribution in [0.4, 0.5) is 0 Å². The average molecular weight is 138 g/mol. The van der Waals surface area contributed by atoms with Crippen LogP contribution in [0.5, 0.6) is 0 Å². The van der Waals surface area contributed by atoms with Crippen LogP contribution in [-0.4, -0.2) is 12.1 Å². The highest BCUT2D eigenvalue weighted by molar-refractivity contribution is 5.72. The van der Waals surface area contributed by atoms with E-state index < -0.39 is 0 Å². The minimum absolute atomic E-state index is 0.0263. The molecule has 0 N–H and O–H groups in total. The van der Waals surface area contributed by atoms with E-state index in [0.29, 0.717) is 12.3 Å². The van der Waals surface area contributed by atoms with E-state index in [9.17, 15) is 4.79 Å². The Balaban J connectivity index is 2.15. The molecule has 1 fully saturated rings. The zero-order valence-corrected chi connectivity index (χ0v) is 5.75. The smallest absolute Gasteiger partial charge is 0.306 e. The van der Waals surface area contributed by atoms with Crippen molar-refractivity contribution in [2.45, 2.75) is 25.4 Å². The third-order valence-electron chi connectivity index (χ3n) is 2.19. The van der Waals surface area contributed by atoms with Crippen LogP contribution in [0.1, 0.15) is 19.3 Å². The van der Waals surface area contributed by atoms with Crippen molar-refractivity contribution in [1.29, 1.82) is 0 Å². The summed E-state index contributed by atoms with van der Waals surface area (Å²) >= 11 is 0. The topological polar surface area (TPSA) is 26.3 Å². The van der Waals surface area contributed by atoms with Crippen LogP contribution < -0.4 is 0 Å². The van der Waals surface area contributed by atoms with Crippen molar-refractivity contribution in [3.8, 4) is 0 Å². The molecule has 1 aliphatic heterocycles. The molecule has 10 heavy (non-hydrogen) atoms. The molecular formula is C8H10O2. The molecule has 0 radical (unpaired) electrons. The summed E-state index contributed by atoms with van der Waals surface area (Å²) in [4.78, 5) is 10.8. The lowest BCUT2D eigenvalue weighted by Crippen LogP contribution is -2.15. The number of rotatable bonds is 0. The van der Waals surface area contributed by atoms with Gasteiger partial charge in [0.2, 0.25) is 0 Å². The third kappa shape index (κ3) is 0.838. The minimum atomic E-state index is -0.0263. The molecule has 2 aliphatic rings. The molecule has 0 saturated carbocycles. The van der Waals surface area contributed by atoms with Gasteiger partial charge < -0.3 is 4.74 Å². The first-order valence-corrected chi connectivity index (χ1v) is 3.72. The van der Waals surface area contributed by atoms with Crippen LogP contribution in [0.25, 0.3) is 0 Å². The lowest BCUT2D eigenvalue weighted by molar-refractivity contribution is -0.140. The summed E-state index contributed by atoms with van der Waals surface area (Å²) in [6.07, 6.45) is 7.08. The highest BCUT2D eigenvalue weighted by Gasteiger charge is 2.33. The standard InChI is InChI=1S/C8H10O2/c9-8-5-6-3-1-2-4-7(6)10-8/h2,4,6-7H,1,3,5H2/t6-,7-/m0/s1. The van der Waals surface area contributed by atoms with E-state index in [1.807, 2.05) is 6.08 Å². The number of hydrogen-bond donors (Lipinski definition) is 0. The monoisotopic (exact) mass is 138 g/mol. The summed E-state index contributed by atoms with van der Waals surface area (Å²) in [5, 5.41) is 0. The van der Waals surface area contributed by atoms with Crippen LogP contribution in [0.3, 0.4) is 0 Å². The zero-order valence-electron chi connectivity index (χ0n) is 5.75. The number of hydrogen-bond acceptors (Lipinski definition) is 2. The van der Waals surface area contributed by atoms with Gasteiger partial charge in [-0.3, -0.25) is 4.79 Å². The quantitative estimate of drug-likeness (QED) is 0.372. The summed E-state index contributed by atoms with van der Waals surface area (Å²) in [7, 11) is 0. The zero-order chi connectivity index (χ0) is 6.97. The van der Waals surface area contributed by atoms with E-state index in [-0.39, 0.29) is 12.1 Å². The molecule has 2 atom stereocenters. The fourth-order valence-electron chi connectivity index (χ4n) is 1.63. The number of allylic oxidation sites excluding steroid dienone is 1. The number of fused-ring (bicyclic) bond motifs is 1. The lowest BCUT2D eigenvalue weighted by Gasteiger charge is -2.16. The minimum Gasteiger partial charge on any atom is -0.458 e. The molecule has 1 aliphatic carbocycles. The Morgan fingerprint density at radius 3 is 3.30 bits per heavy atom. The molecule has 1 heterocycles. The van der Waals surface area contributed by atoms with Crippen molar-refractivity contribution >= 4 is 5.97 Å². The SMILES string of the molecule is O=C1C[C@@H]2CCC=C[C@@H]2O1. The van der Waals surface area contributed by atoms with Crippen molar-refractivity contribution in [2.75, 3.05) is 0 Å². The van der Waals surface area contributed by atoms with Crippen LogP contribution in [0.15, 0.2) is 12.2 Å². The number of carbonyl (C=O) groups is 1. The van der Waals surface area contributed by atoms with Gasteiger partial charge in [0.1, 0.15) is 6.10 Å². The van der Waals surface area contributed by atoms with Crippen molar-refractivity contribution in [3.63, 3.8) is 0 Å². The second-order valence-corrected chi connectivity index (χ2v) is 2.92. The third-order valence-corrected chi connectivity index (χ3v) is 2.19. The number of esters is 1. The Labute approximate surface area is 59.9 Å². The molecule has 0 aromatic heterocycles. The van der Waals surface area contributed by atoms with Crippen LogP contribution in [0, 0.1) is 5.92 Å². The Hall–Kier alpha value is -0.790. The average Bonchev–Trinajstić information content (AvgIpc) is 2.27. The molecule has 2 heteroatoms. The van der Waals surface area contributed by atoms with E-state index in [1.54, 1.807) is 0 Å². The predicted molar refractivity (Wildman–Crippen MR) is 36.4 cm³/mol. The number of ether oxygens (including phenoxy) is 1. The Kier molecular flexibility index (Phi) is 1.26. The highest BCUT2D eigenvalue weighted by atomic mass is 16.5. The molecule has 0 spiro atoms. The first-order chi connectivity index (χ1) is 4.86. The van der Waals surface area contributed by atoms with Gasteiger partial charge in [-0.05, 0) is 18.9 Å². The van der Waals surface area contributed by atoms with Crippen LogP contribution >= 0.6 is 0 Å². The van der Waals surface area contributed by atoms with Gasteiger partial charge in [0.05, 0.1) is 6.42 Å². The second kappa shape index (κ2) is 2.11. The van der Waals surface area contributed by atoms with E-state index in [1.165, 1.54) is 0 Å². The fourth-order valence-corrected chi connectivity index (χ4v) is 1.63. The molecule has 2 nitrogen and oxygen atoms in total. The molecule has 0 amide bonds. The van der Waals surface area contributed by atoms with Crippen LogP contribution in [0.2, 0.25) is 0 Å². The Bertz CT molecular complexity index is 184. The van der Waals surface area contributed by atoms with E-state index in [2.05, 4.69) is 6.08 Å². The molecule has 0 aromatic carbocycles. The van der Waals surface area contributed by atoms with Gasteiger partial charge in [-0.1, -0.05) is 6.08 Å². The van der Waals surface area contributed by atoms with E-state index in [4.69, 9.17) is 4.74 Å². The summed E-state index contributed by atoms with van der Waals surface area (Å²) in [5.41, 5.74) is 0. The second-order valence-electron chi connectivity index (χ2n) is 2.92. The normalized spacial score (nSPS) is 37.4. The van der Waals surface area contributed by atoms with Gasteiger partial charge in [-0.2, -0.15) is 0 Å². The van der Waals surface area contributed by atoms with Crippen LogP contribution in [-0.2, 0) is 9.53 Å². The lowest BCUT2D eigenvalue weighted by atomic mass is 9.91. The van der Waals surface area contributed by atoms with E-state index >= 15 is 0 Å². The summed E-state index contributed by atoms with van der Waals surface area (Å²) < 4.78 is 5.04. The predicted octanol–water partition coefficient (Wildman–Crippen LogP) is 1.27. The van der Waals surface area contributed by atoms with Crippen molar-refractivity contribution < 1.29 is 9.53 Å². The van der Waals surface area contributed by atoms with Gasteiger partial charge in [0.25, 0.3) is 0 Å². The van der Waals surface area contributed by atoms with Gasteiger partial charge in [-0.15, -0.1) is 0 Å².